The summed E-state index contributed by atoms with van der Waals surface area (Å²) in [6, 6.07) is 32.1. The Balaban J connectivity index is 1.38. The summed E-state index contributed by atoms with van der Waals surface area (Å²) < 4.78 is 7.47. The Labute approximate surface area is 392 Å². The zero-order valence-corrected chi connectivity index (χ0v) is 43.2. The van der Waals surface area contributed by atoms with Crippen molar-refractivity contribution in [2.45, 2.75) is 188 Å². The molecule has 1 aromatic heterocycles. The van der Waals surface area contributed by atoms with Gasteiger partial charge < -0.3 is 14.2 Å². The first-order chi connectivity index (χ1) is 30.0. The maximum absolute atomic E-state index is 7.47. The number of nitrogens with zero attached hydrogens (tertiary/aromatic N) is 2. The molecule has 0 saturated heterocycles. The van der Waals surface area contributed by atoms with Gasteiger partial charge in [-0.25, -0.2) is 0 Å². The van der Waals surface area contributed by atoms with Crippen LogP contribution in [0.5, 0.6) is 0 Å². The number of anilines is 6. The summed E-state index contributed by atoms with van der Waals surface area (Å²) in [4.78, 5) is 5.31. The average molecular weight is 863 g/mol. The molecule has 6 aromatic rings. The van der Waals surface area contributed by atoms with Crippen molar-refractivity contribution in [1.82, 2.24) is 0 Å². The third-order valence-electron chi connectivity index (χ3n) is 16.8. The SMILES string of the molecule is Cc1cc(C(C)(C)C)ccc1N1c2cc(C(C)(C)C)cc3c2B(c2cc4c(cc2N3c2ccc3c(c2)C(C)(C)CCC3(C)C)C(C)(C)CCC4(C)C)c2oc3ccc(C(C)(C)C)cc3c21. The molecule has 0 radical (unpaired) electrons. The molecular formula is C61H75BN2O. The van der Waals surface area contributed by atoms with E-state index in [1.807, 2.05) is 0 Å². The monoisotopic (exact) mass is 863 g/mol. The van der Waals surface area contributed by atoms with Crippen molar-refractivity contribution in [2.24, 2.45) is 0 Å². The Kier molecular flexibility index (Phi) is 9.31. The molecule has 2 aliphatic carbocycles. The Hall–Kier alpha value is -4.70. The van der Waals surface area contributed by atoms with Gasteiger partial charge in [0.2, 0.25) is 0 Å². The Bertz CT molecular complexity index is 2970. The smallest absolute Gasteiger partial charge is 0.297 e. The van der Waals surface area contributed by atoms with E-state index in [1.54, 1.807) is 0 Å². The predicted molar refractivity (Wildman–Crippen MR) is 282 cm³/mol. The van der Waals surface area contributed by atoms with Crippen molar-refractivity contribution in [2.75, 3.05) is 9.80 Å². The molecule has 0 spiro atoms. The number of hydrogen-bond donors (Lipinski definition) is 0. The van der Waals surface area contributed by atoms with Crippen molar-refractivity contribution >= 4 is 68.4 Å². The molecule has 338 valence electrons. The highest BCUT2D eigenvalue weighted by Gasteiger charge is 2.50. The van der Waals surface area contributed by atoms with E-state index in [-0.39, 0.29) is 44.6 Å². The van der Waals surface area contributed by atoms with Gasteiger partial charge in [-0.3, -0.25) is 0 Å². The van der Waals surface area contributed by atoms with Gasteiger partial charge in [0.15, 0.2) is 0 Å². The molecule has 3 nitrogen and oxygen atoms in total. The van der Waals surface area contributed by atoms with Gasteiger partial charge in [0.05, 0.1) is 11.3 Å². The van der Waals surface area contributed by atoms with Gasteiger partial charge in [-0.2, -0.15) is 0 Å². The summed E-state index contributed by atoms with van der Waals surface area (Å²) in [7, 11) is 0. The second-order valence-corrected chi connectivity index (χ2v) is 26.5. The highest BCUT2D eigenvalue weighted by Crippen LogP contribution is 2.54. The fraction of sp³-hybridized carbons (Fsp3) is 0.475. The van der Waals surface area contributed by atoms with E-state index in [2.05, 4.69) is 213 Å². The maximum Gasteiger partial charge on any atom is 0.297 e. The van der Waals surface area contributed by atoms with Gasteiger partial charge in [0.25, 0.3) is 6.71 Å². The fourth-order valence-electron chi connectivity index (χ4n) is 12.1. The van der Waals surface area contributed by atoms with Gasteiger partial charge in [0.1, 0.15) is 5.58 Å². The predicted octanol–water partition coefficient (Wildman–Crippen LogP) is 15.4. The molecule has 0 atom stereocenters. The standard InChI is InChI=1S/C61H75BN2O/c1-36-29-37(55(2,3)4)19-23-47(36)64-50-32-39(57(8,9)10)31-49-52(50)62(54-53(64)41-30-38(56(5,6)7)20-24-51(41)65-54)46-34-44-45(61(17,18)28-27-60(44,15)16)35-48(46)63(49)40-21-22-42-43(33-40)59(13,14)26-25-58(42,11)12/h19-24,29-35H,25-28H2,1-18H3. The van der Waals surface area contributed by atoms with E-state index >= 15 is 0 Å². The zero-order chi connectivity index (χ0) is 46.9. The van der Waals surface area contributed by atoms with Gasteiger partial charge in [-0.1, -0.05) is 148 Å². The normalized spacial score (nSPS) is 19.1. The van der Waals surface area contributed by atoms with Crippen LogP contribution in [-0.2, 0) is 37.9 Å². The molecular weight excluding hydrogens is 787 g/mol. The third-order valence-corrected chi connectivity index (χ3v) is 16.8. The minimum atomic E-state index is -0.119. The highest BCUT2D eigenvalue weighted by atomic mass is 16.3. The molecule has 0 bridgehead atoms. The van der Waals surface area contributed by atoms with Gasteiger partial charge >= 0.3 is 0 Å². The van der Waals surface area contributed by atoms with E-state index in [0.717, 1.165) is 17.7 Å². The lowest BCUT2D eigenvalue weighted by molar-refractivity contribution is 0.332. The average Bonchev–Trinajstić information content (AvgIpc) is 3.58. The van der Waals surface area contributed by atoms with Crippen LogP contribution < -0.4 is 26.4 Å². The lowest BCUT2D eigenvalue weighted by Crippen LogP contribution is -2.61. The summed E-state index contributed by atoms with van der Waals surface area (Å²) in [5, 5.41) is 1.18. The zero-order valence-electron chi connectivity index (χ0n) is 43.2. The molecule has 0 N–H and O–H groups in total. The summed E-state index contributed by atoms with van der Waals surface area (Å²) in [6.45, 7) is 43.0. The van der Waals surface area contributed by atoms with Crippen LogP contribution >= 0.6 is 0 Å². The minimum absolute atomic E-state index is 0.0271. The second kappa shape index (κ2) is 13.7. The van der Waals surface area contributed by atoms with Crippen molar-refractivity contribution < 1.29 is 4.42 Å². The summed E-state index contributed by atoms with van der Waals surface area (Å²) in [5.74, 6) is 0. The van der Waals surface area contributed by atoms with Crippen molar-refractivity contribution in [3.05, 3.63) is 123 Å². The Morgan fingerprint density at radius 1 is 0.477 bits per heavy atom. The first-order valence-electron chi connectivity index (χ1n) is 24.8. The van der Waals surface area contributed by atoms with Crippen LogP contribution in [0.1, 0.15) is 188 Å². The van der Waals surface area contributed by atoms with Crippen LogP contribution in [0.25, 0.3) is 11.0 Å². The molecule has 5 aromatic carbocycles. The topological polar surface area (TPSA) is 19.6 Å². The molecule has 0 amide bonds. The molecule has 0 saturated carbocycles. The van der Waals surface area contributed by atoms with Crippen molar-refractivity contribution in [3.63, 3.8) is 0 Å². The van der Waals surface area contributed by atoms with E-state index in [9.17, 15) is 0 Å². The number of rotatable bonds is 2. The van der Waals surface area contributed by atoms with Crippen LogP contribution in [0, 0.1) is 6.92 Å². The van der Waals surface area contributed by atoms with Crippen LogP contribution in [0.4, 0.5) is 34.1 Å². The van der Waals surface area contributed by atoms with Gasteiger partial charge in [-0.05, 0) is 174 Å². The molecule has 0 unspecified atom stereocenters. The maximum atomic E-state index is 7.47. The highest BCUT2D eigenvalue weighted by molar-refractivity contribution is 7.00. The first kappa shape index (κ1) is 44.2. The molecule has 65 heavy (non-hydrogen) atoms. The fourth-order valence-corrected chi connectivity index (χ4v) is 12.1. The number of benzene rings is 5. The van der Waals surface area contributed by atoms with Gasteiger partial charge in [0, 0.05) is 33.8 Å². The number of aryl methyl sites for hydroxylation is 1. The quantitative estimate of drug-likeness (QED) is 0.161. The Morgan fingerprint density at radius 2 is 0.985 bits per heavy atom. The summed E-state index contributed by atoms with van der Waals surface area (Å²) >= 11 is 0. The van der Waals surface area contributed by atoms with E-state index < -0.39 is 0 Å². The Morgan fingerprint density at radius 3 is 1.55 bits per heavy atom. The molecule has 2 aliphatic heterocycles. The summed E-state index contributed by atoms with van der Waals surface area (Å²) in [5.41, 5.74) is 23.5. The molecule has 3 heterocycles. The lowest BCUT2D eigenvalue weighted by atomic mass is 9.35. The van der Waals surface area contributed by atoms with E-state index in [0.29, 0.717) is 0 Å². The minimum Gasteiger partial charge on any atom is -0.468 e. The molecule has 4 aliphatic rings. The second-order valence-electron chi connectivity index (χ2n) is 26.5. The number of furan rings is 1. The lowest BCUT2D eigenvalue weighted by Gasteiger charge is -2.47. The summed E-state index contributed by atoms with van der Waals surface area (Å²) in [6.07, 6.45) is 4.70. The van der Waals surface area contributed by atoms with E-state index in [4.69, 9.17) is 4.42 Å². The molecule has 4 heteroatoms. The van der Waals surface area contributed by atoms with Crippen LogP contribution in [0.2, 0.25) is 0 Å². The molecule has 0 fully saturated rings. The van der Waals surface area contributed by atoms with Crippen molar-refractivity contribution in [1.29, 1.82) is 0 Å². The van der Waals surface area contributed by atoms with Crippen LogP contribution in [-0.4, -0.2) is 6.71 Å². The number of fused-ring (bicyclic) bond motifs is 8. The molecule has 10 rings (SSSR count). The third kappa shape index (κ3) is 6.71. The number of hydrogen-bond acceptors (Lipinski definition) is 3. The van der Waals surface area contributed by atoms with Crippen LogP contribution in [0.3, 0.4) is 0 Å². The largest absolute Gasteiger partial charge is 0.468 e. The first-order valence-corrected chi connectivity index (χ1v) is 24.8. The van der Waals surface area contributed by atoms with Crippen LogP contribution in [0.15, 0.2) is 83.3 Å². The van der Waals surface area contributed by atoms with Gasteiger partial charge in [-0.15, -0.1) is 0 Å². The van der Waals surface area contributed by atoms with Crippen molar-refractivity contribution in [3.8, 4) is 0 Å². The van der Waals surface area contributed by atoms with E-state index in [1.165, 1.54) is 114 Å².